The van der Waals surface area contributed by atoms with Gasteiger partial charge in [0, 0.05) is 37.0 Å². The lowest BCUT2D eigenvalue weighted by molar-refractivity contribution is -0.116. The summed E-state index contributed by atoms with van der Waals surface area (Å²) < 4.78 is 35.6. The lowest BCUT2D eigenvalue weighted by atomic mass is 9.91. The van der Waals surface area contributed by atoms with Crippen molar-refractivity contribution in [1.82, 2.24) is 10.3 Å². The average Bonchev–Trinajstić information content (AvgIpc) is 2.69. The van der Waals surface area contributed by atoms with Crippen LogP contribution in [0.25, 0.3) is 6.08 Å². The number of halogens is 1. The number of terminal acetylenes is 1. The van der Waals surface area contributed by atoms with E-state index >= 15 is 0 Å². The van der Waals surface area contributed by atoms with E-state index in [1.54, 1.807) is 12.3 Å². The van der Waals surface area contributed by atoms with E-state index in [-0.39, 0.29) is 29.1 Å². The first-order chi connectivity index (χ1) is 14.0. The molecular formula is C22H24FN3O3S. The first-order valence-electron chi connectivity index (χ1n) is 9.09. The average molecular weight is 430 g/mol. The Bertz CT molecular complexity index is 1020. The van der Waals surface area contributed by atoms with E-state index in [2.05, 4.69) is 37.0 Å². The van der Waals surface area contributed by atoms with Gasteiger partial charge in [-0.15, -0.1) is 6.42 Å². The first kappa shape index (κ1) is 23.3. The van der Waals surface area contributed by atoms with Crippen LogP contribution in [0.2, 0.25) is 0 Å². The van der Waals surface area contributed by atoms with Gasteiger partial charge < -0.3 is 5.32 Å². The Labute approximate surface area is 178 Å². The smallest absolute Gasteiger partial charge is 0.261 e. The molecule has 0 saturated carbocycles. The third-order valence-electron chi connectivity index (χ3n) is 4.28. The highest BCUT2D eigenvalue weighted by atomic mass is 32.2. The second-order valence-corrected chi connectivity index (χ2v) is 8.63. The maximum absolute atomic E-state index is 14.4. The van der Waals surface area contributed by atoms with Gasteiger partial charge in [-0.25, -0.2) is 8.60 Å². The van der Waals surface area contributed by atoms with E-state index in [0.29, 0.717) is 5.56 Å². The molecule has 8 heteroatoms. The van der Waals surface area contributed by atoms with Crippen molar-refractivity contribution >= 4 is 28.9 Å². The standard InChI is InChI=1S/C22H24FN3O3S/c1-6-17-11-16(12-18(23)21(17)26(5)30(28)29)14-25-20(27)10-8-15-7-9-19(24-13-15)22(2,3)4/h1,7-13H,14H2,2-5H3,(H,25,27)(H,28,29). The van der Waals surface area contributed by atoms with Crippen LogP contribution in [0.5, 0.6) is 0 Å². The molecule has 0 bridgehead atoms. The molecule has 0 radical (unpaired) electrons. The molecule has 0 aliphatic carbocycles. The summed E-state index contributed by atoms with van der Waals surface area (Å²) in [6, 6.07) is 6.45. The van der Waals surface area contributed by atoms with Crippen molar-refractivity contribution in [3.05, 3.63) is 64.7 Å². The molecule has 1 unspecified atom stereocenters. The molecular weight excluding hydrogens is 405 g/mol. The lowest BCUT2D eigenvalue weighted by Crippen LogP contribution is -2.23. The van der Waals surface area contributed by atoms with Crippen LogP contribution in [0.1, 0.15) is 43.2 Å². The van der Waals surface area contributed by atoms with Crippen LogP contribution in [0, 0.1) is 18.2 Å². The maximum atomic E-state index is 14.4. The van der Waals surface area contributed by atoms with Crippen LogP contribution < -0.4 is 9.62 Å². The molecule has 1 aromatic carbocycles. The number of carbonyl (C=O) groups is 1. The Kier molecular flexibility index (Phi) is 7.48. The molecule has 1 amide bonds. The number of amides is 1. The molecule has 0 aliphatic rings. The third kappa shape index (κ3) is 5.99. The summed E-state index contributed by atoms with van der Waals surface area (Å²) in [6.07, 6.45) is 10.1. The van der Waals surface area contributed by atoms with Crippen molar-refractivity contribution < 1.29 is 17.9 Å². The number of pyridine rings is 1. The molecule has 0 spiro atoms. The molecule has 2 rings (SSSR count). The van der Waals surface area contributed by atoms with Gasteiger partial charge >= 0.3 is 0 Å². The Hall–Kier alpha value is -3.02. The van der Waals surface area contributed by atoms with E-state index in [9.17, 15) is 13.4 Å². The van der Waals surface area contributed by atoms with E-state index in [1.165, 1.54) is 25.3 Å². The normalized spacial score (nSPS) is 12.4. The molecule has 2 N–H and O–H groups in total. The van der Waals surface area contributed by atoms with E-state index < -0.39 is 17.1 Å². The summed E-state index contributed by atoms with van der Waals surface area (Å²) >= 11 is -2.42. The quantitative estimate of drug-likeness (QED) is 0.419. The summed E-state index contributed by atoms with van der Waals surface area (Å²) in [5.74, 6) is 1.19. The van der Waals surface area contributed by atoms with Crippen molar-refractivity contribution in [2.75, 3.05) is 11.4 Å². The number of benzene rings is 1. The molecule has 1 heterocycles. The zero-order chi connectivity index (χ0) is 22.5. The van der Waals surface area contributed by atoms with Crippen LogP contribution in [-0.4, -0.2) is 26.7 Å². The van der Waals surface area contributed by atoms with Crippen molar-refractivity contribution in [2.45, 2.75) is 32.7 Å². The highest BCUT2D eigenvalue weighted by Crippen LogP contribution is 2.26. The lowest BCUT2D eigenvalue weighted by Gasteiger charge is -2.17. The molecule has 0 saturated heterocycles. The number of hydrogen-bond donors (Lipinski definition) is 2. The largest absolute Gasteiger partial charge is 0.348 e. The molecule has 0 aliphatic heterocycles. The van der Waals surface area contributed by atoms with Crippen LogP contribution in [0.15, 0.2) is 36.5 Å². The summed E-state index contributed by atoms with van der Waals surface area (Å²) in [5, 5.41) is 2.65. The summed E-state index contributed by atoms with van der Waals surface area (Å²) in [7, 11) is 1.25. The van der Waals surface area contributed by atoms with Gasteiger partial charge in [-0.3, -0.25) is 18.6 Å². The molecule has 2 aromatic rings. The number of anilines is 1. The maximum Gasteiger partial charge on any atom is 0.261 e. The number of nitrogens with zero attached hydrogens (tertiary/aromatic N) is 2. The first-order valence-corrected chi connectivity index (χ1v) is 10.2. The van der Waals surface area contributed by atoms with Crippen LogP contribution >= 0.6 is 0 Å². The summed E-state index contributed by atoms with van der Waals surface area (Å²) in [6.45, 7) is 6.25. The summed E-state index contributed by atoms with van der Waals surface area (Å²) in [5.41, 5.74) is 2.07. The van der Waals surface area contributed by atoms with Gasteiger partial charge in [-0.2, -0.15) is 0 Å². The van der Waals surface area contributed by atoms with Crippen molar-refractivity contribution in [3.63, 3.8) is 0 Å². The zero-order valence-corrected chi connectivity index (χ0v) is 18.1. The fraction of sp³-hybridized carbons (Fsp3) is 0.273. The fourth-order valence-electron chi connectivity index (χ4n) is 2.63. The minimum atomic E-state index is -2.42. The second kappa shape index (κ2) is 9.65. The van der Waals surface area contributed by atoms with Crippen molar-refractivity contribution in [1.29, 1.82) is 0 Å². The highest BCUT2D eigenvalue weighted by molar-refractivity contribution is 7.80. The van der Waals surface area contributed by atoms with Crippen LogP contribution in [0.4, 0.5) is 10.1 Å². The van der Waals surface area contributed by atoms with Gasteiger partial charge in [0.15, 0.2) is 0 Å². The SMILES string of the molecule is C#Cc1cc(CNC(=O)C=Cc2ccc(C(C)(C)C)nc2)cc(F)c1N(C)S(=O)O. The Balaban J connectivity index is 2.06. The number of nitrogens with one attached hydrogen (secondary N) is 1. The Morgan fingerprint density at radius 1 is 1.40 bits per heavy atom. The van der Waals surface area contributed by atoms with Gasteiger partial charge in [0.05, 0.1) is 5.56 Å². The summed E-state index contributed by atoms with van der Waals surface area (Å²) in [4.78, 5) is 16.5. The number of hydrogen-bond acceptors (Lipinski definition) is 3. The molecule has 1 atom stereocenters. The minimum absolute atomic E-state index is 0.0438. The number of rotatable bonds is 6. The van der Waals surface area contributed by atoms with Gasteiger partial charge in [-0.05, 0) is 35.4 Å². The zero-order valence-electron chi connectivity index (χ0n) is 17.3. The van der Waals surface area contributed by atoms with Gasteiger partial charge in [0.1, 0.15) is 11.5 Å². The van der Waals surface area contributed by atoms with Crippen LogP contribution in [0.3, 0.4) is 0 Å². The van der Waals surface area contributed by atoms with Gasteiger partial charge in [0.2, 0.25) is 5.91 Å². The molecule has 1 aromatic heterocycles. The number of carbonyl (C=O) groups excluding carboxylic acids is 1. The topological polar surface area (TPSA) is 82.5 Å². The molecule has 0 fully saturated rings. The molecule has 6 nitrogen and oxygen atoms in total. The third-order valence-corrected chi connectivity index (χ3v) is 4.93. The van der Waals surface area contributed by atoms with Crippen molar-refractivity contribution in [2.24, 2.45) is 0 Å². The monoisotopic (exact) mass is 429 g/mol. The Morgan fingerprint density at radius 3 is 2.63 bits per heavy atom. The van der Waals surface area contributed by atoms with Crippen molar-refractivity contribution in [3.8, 4) is 12.3 Å². The van der Waals surface area contributed by atoms with Gasteiger partial charge in [-0.1, -0.05) is 32.8 Å². The predicted molar refractivity (Wildman–Crippen MR) is 117 cm³/mol. The second-order valence-electron chi connectivity index (χ2n) is 7.62. The highest BCUT2D eigenvalue weighted by Gasteiger charge is 2.18. The Morgan fingerprint density at radius 2 is 2.10 bits per heavy atom. The van der Waals surface area contributed by atoms with E-state index in [4.69, 9.17) is 11.0 Å². The molecule has 30 heavy (non-hydrogen) atoms. The van der Waals surface area contributed by atoms with Crippen LogP contribution in [-0.2, 0) is 28.0 Å². The molecule has 158 valence electrons. The number of aromatic nitrogens is 1. The minimum Gasteiger partial charge on any atom is -0.348 e. The predicted octanol–water partition coefficient (Wildman–Crippen LogP) is 3.40. The van der Waals surface area contributed by atoms with Gasteiger partial charge in [0.25, 0.3) is 11.3 Å². The van der Waals surface area contributed by atoms with E-state index in [1.807, 2.05) is 12.1 Å². The van der Waals surface area contributed by atoms with E-state index in [0.717, 1.165) is 15.6 Å². The fourth-order valence-corrected chi connectivity index (χ4v) is 2.97.